The Bertz CT molecular complexity index is 939. The first-order valence-corrected chi connectivity index (χ1v) is 10.2. The molecule has 1 aliphatic carbocycles. The molecule has 4 rings (SSSR count). The van der Waals surface area contributed by atoms with Gasteiger partial charge < -0.3 is 14.5 Å². The van der Waals surface area contributed by atoms with Gasteiger partial charge in [-0.1, -0.05) is 31.0 Å². The minimum Gasteiger partial charge on any atom is -0.459 e. The number of ether oxygens (including phenoxy) is 1. The van der Waals surface area contributed by atoms with Crippen LogP contribution in [0.3, 0.4) is 0 Å². The number of rotatable bonds is 6. The first kappa shape index (κ1) is 20.1. The average Bonchev–Trinajstić information content (AvgIpc) is 3.28. The van der Waals surface area contributed by atoms with Gasteiger partial charge in [0.25, 0.3) is 5.91 Å². The molecule has 0 unspecified atom stereocenters. The third-order valence-electron chi connectivity index (χ3n) is 5.83. The molecule has 1 aliphatic heterocycles. The van der Waals surface area contributed by atoms with Gasteiger partial charge in [-0.15, -0.1) is 0 Å². The highest BCUT2D eigenvalue weighted by molar-refractivity contribution is 6.07. The van der Waals surface area contributed by atoms with Gasteiger partial charge in [-0.2, -0.15) is 0 Å². The maximum absolute atomic E-state index is 12.4. The van der Waals surface area contributed by atoms with E-state index in [0.717, 1.165) is 28.7 Å². The number of carbonyl (C=O) groups is 4. The molecule has 2 fully saturated rings. The van der Waals surface area contributed by atoms with Gasteiger partial charge in [-0.05, 0) is 31.9 Å². The van der Waals surface area contributed by atoms with E-state index in [-0.39, 0.29) is 23.7 Å². The van der Waals surface area contributed by atoms with Crippen LogP contribution in [0.2, 0.25) is 0 Å². The molecule has 30 heavy (non-hydrogen) atoms. The number of carbonyl (C=O) groups excluding carboxylic acids is 4. The maximum Gasteiger partial charge on any atom is 0.326 e. The molecule has 2 heterocycles. The second kappa shape index (κ2) is 8.30. The summed E-state index contributed by atoms with van der Waals surface area (Å²) in [5, 5.41) is 3.64. The number of hydrogen-bond donors (Lipinski definition) is 1. The molecule has 158 valence electrons. The molecule has 2 aliphatic rings. The molecule has 3 atom stereocenters. The summed E-state index contributed by atoms with van der Waals surface area (Å²) >= 11 is 0. The molecule has 2 aromatic rings. The summed E-state index contributed by atoms with van der Waals surface area (Å²) in [5.74, 6) is -1.91. The first-order valence-electron chi connectivity index (χ1n) is 10.2. The number of furan rings is 1. The molecule has 0 bridgehead atoms. The van der Waals surface area contributed by atoms with E-state index < -0.39 is 31.1 Å². The van der Waals surface area contributed by atoms with Crippen molar-refractivity contribution in [2.24, 2.45) is 11.8 Å². The molecule has 1 aromatic carbocycles. The van der Waals surface area contributed by atoms with E-state index in [9.17, 15) is 19.2 Å². The lowest BCUT2D eigenvalue weighted by Crippen LogP contribution is -2.38. The summed E-state index contributed by atoms with van der Waals surface area (Å²) in [5.41, 5.74) is 0.723. The van der Waals surface area contributed by atoms with Gasteiger partial charge in [0.2, 0.25) is 11.8 Å². The van der Waals surface area contributed by atoms with Crippen molar-refractivity contribution in [3.63, 3.8) is 0 Å². The highest BCUT2D eigenvalue weighted by Crippen LogP contribution is 2.37. The Balaban J connectivity index is 1.27. The van der Waals surface area contributed by atoms with Crippen molar-refractivity contribution in [2.75, 3.05) is 13.2 Å². The van der Waals surface area contributed by atoms with Gasteiger partial charge in [-0.3, -0.25) is 24.1 Å². The van der Waals surface area contributed by atoms with E-state index in [0.29, 0.717) is 18.6 Å². The molecule has 1 aromatic heterocycles. The first-order chi connectivity index (χ1) is 14.4. The fourth-order valence-corrected chi connectivity index (χ4v) is 4.28. The Labute approximate surface area is 173 Å². The van der Waals surface area contributed by atoms with Crippen molar-refractivity contribution < 1.29 is 28.3 Å². The molecule has 0 radical (unpaired) electrons. The monoisotopic (exact) mass is 412 g/mol. The predicted molar refractivity (Wildman–Crippen MR) is 106 cm³/mol. The Kier molecular flexibility index (Phi) is 5.57. The summed E-state index contributed by atoms with van der Waals surface area (Å²) in [7, 11) is 0. The smallest absolute Gasteiger partial charge is 0.326 e. The molecular weight excluding hydrogens is 388 g/mol. The minimum absolute atomic E-state index is 0.301. The van der Waals surface area contributed by atoms with E-state index in [4.69, 9.17) is 9.15 Å². The van der Waals surface area contributed by atoms with Gasteiger partial charge >= 0.3 is 5.97 Å². The van der Waals surface area contributed by atoms with Gasteiger partial charge in [0.15, 0.2) is 6.61 Å². The van der Waals surface area contributed by atoms with Crippen LogP contribution in [0.25, 0.3) is 11.0 Å². The fourth-order valence-electron chi connectivity index (χ4n) is 4.28. The second-order valence-electron chi connectivity index (χ2n) is 7.90. The highest BCUT2D eigenvalue weighted by Gasteiger charge is 2.48. The van der Waals surface area contributed by atoms with Crippen molar-refractivity contribution in [1.82, 2.24) is 10.2 Å². The largest absolute Gasteiger partial charge is 0.459 e. The number of imide groups is 1. The van der Waals surface area contributed by atoms with E-state index in [2.05, 4.69) is 5.32 Å². The molecule has 0 spiro atoms. The number of fused-ring (bicyclic) bond motifs is 2. The SMILES string of the molecule is C[C@@H](NC(=O)COC(=O)CN1C(=O)[C@H]2CCCC[C@H]2C1=O)c1cc2ccccc2o1. The molecule has 1 N–H and O–H groups in total. The number of nitrogens with zero attached hydrogens (tertiary/aromatic N) is 1. The average molecular weight is 412 g/mol. The quantitative estimate of drug-likeness (QED) is 0.577. The summed E-state index contributed by atoms with van der Waals surface area (Å²) in [4.78, 5) is 50.0. The van der Waals surface area contributed by atoms with Crippen LogP contribution in [0.4, 0.5) is 0 Å². The molecule has 3 amide bonds. The molecule has 8 nitrogen and oxygen atoms in total. The van der Waals surface area contributed by atoms with Crippen LogP contribution in [0, 0.1) is 11.8 Å². The highest BCUT2D eigenvalue weighted by atomic mass is 16.5. The van der Waals surface area contributed by atoms with Crippen molar-refractivity contribution in [2.45, 2.75) is 38.6 Å². The summed E-state index contributed by atoms with van der Waals surface area (Å²) < 4.78 is 10.7. The fraction of sp³-hybridized carbons (Fsp3) is 0.455. The third-order valence-corrected chi connectivity index (χ3v) is 5.83. The van der Waals surface area contributed by atoms with Crippen LogP contribution >= 0.6 is 0 Å². The molecule has 8 heteroatoms. The van der Waals surface area contributed by atoms with Gasteiger partial charge in [-0.25, -0.2) is 0 Å². The topological polar surface area (TPSA) is 106 Å². The number of para-hydroxylation sites is 1. The number of likely N-dealkylation sites (tertiary alicyclic amines) is 1. The van der Waals surface area contributed by atoms with E-state index in [1.165, 1.54) is 0 Å². The zero-order valence-electron chi connectivity index (χ0n) is 16.8. The van der Waals surface area contributed by atoms with E-state index in [1.807, 2.05) is 30.3 Å². The van der Waals surface area contributed by atoms with Crippen LogP contribution in [-0.2, 0) is 23.9 Å². The summed E-state index contributed by atoms with van der Waals surface area (Å²) in [6.07, 6.45) is 3.20. The maximum atomic E-state index is 12.4. The lowest BCUT2D eigenvalue weighted by molar-refractivity contribution is -0.155. The predicted octanol–water partition coefficient (Wildman–Crippen LogP) is 2.33. The van der Waals surface area contributed by atoms with Crippen molar-refractivity contribution >= 4 is 34.7 Å². The van der Waals surface area contributed by atoms with Crippen LogP contribution in [0.5, 0.6) is 0 Å². The number of hydrogen-bond acceptors (Lipinski definition) is 6. The van der Waals surface area contributed by atoms with Gasteiger partial charge in [0.05, 0.1) is 17.9 Å². The number of benzene rings is 1. The molecule has 1 saturated carbocycles. The molecule has 1 saturated heterocycles. The normalized spacial score (nSPS) is 22.1. The Morgan fingerprint density at radius 2 is 1.83 bits per heavy atom. The third kappa shape index (κ3) is 3.94. The van der Waals surface area contributed by atoms with E-state index >= 15 is 0 Å². The Morgan fingerprint density at radius 1 is 1.17 bits per heavy atom. The van der Waals surface area contributed by atoms with Gasteiger partial charge in [0, 0.05) is 5.39 Å². The Morgan fingerprint density at radius 3 is 2.50 bits per heavy atom. The van der Waals surface area contributed by atoms with Crippen LogP contribution in [0.15, 0.2) is 34.7 Å². The second-order valence-corrected chi connectivity index (χ2v) is 7.90. The van der Waals surface area contributed by atoms with Crippen LogP contribution in [-0.4, -0.2) is 41.7 Å². The zero-order chi connectivity index (χ0) is 21.3. The summed E-state index contributed by atoms with van der Waals surface area (Å²) in [6.45, 7) is 0.824. The summed E-state index contributed by atoms with van der Waals surface area (Å²) in [6, 6.07) is 8.95. The van der Waals surface area contributed by atoms with Crippen LogP contribution < -0.4 is 5.32 Å². The minimum atomic E-state index is -0.776. The number of nitrogens with one attached hydrogen (secondary N) is 1. The van der Waals surface area contributed by atoms with Crippen molar-refractivity contribution in [3.8, 4) is 0 Å². The van der Waals surface area contributed by atoms with Crippen molar-refractivity contribution in [1.29, 1.82) is 0 Å². The number of amides is 3. The zero-order valence-corrected chi connectivity index (χ0v) is 16.8. The van der Waals surface area contributed by atoms with Crippen molar-refractivity contribution in [3.05, 3.63) is 36.1 Å². The number of esters is 1. The standard InChI is InChI=1S/C22H24N2O6/c1-13(18-10-14-6-2-5-9-17(14)30-18)23-19(25)12-29-20(26)11-24-21(27)15-7-3-4-8-16(15)22(24)28/h2,5-6,9-10,13,15-16H,3-4,7-8,11-12H2,1H3,(H,23,25)/t13-,15-,16+/m1/s1. The lowest BCUT2D eigenvalue weighted by Gasteiger charge is -2.19. The van der Waals surface area contributed by atoms with E-state index in [1.54, 1.807) is 6.92 Å². The van der Waals surface area contributed by atoms with Crippen LogP contribution in [0.1, 0.15) is 44.4 Å². The molecular formula is C22H24N2O6. The lowest BCUT2D eigenvalue weighted by atomic mass is 9.81. The Hall–Kier alpha value is -3.16. The van der Waals surface area contributed by atoms with Gasteiger partial charge in [0.1, 0.15) is 17.9 Å².